The molecule has 0 saturated carbocycles. The minimum Gasteiger partial charge on any atom is -0.469 e. The summed E-state index contributed by atoms with van der Waals surface area (Å²) >= 11 is 6.23. The predicted octanol–water partition coefficient (Wildman–Crippen LogP) is 3.85. The van der Waals surface area contributed by atoms with Crippen LogP contribution >= 0.6 is 35.6 Å². The number of unbranched alkanes of at least 4 members (excludes halogenated alkanes) is 1. The van der Waals surface area contributed by atoms with Crippen molar-refractivity contribution in [2.75, 3.05) is 40.8 Å². The molecule has 1 fully saturated rings. The van der Waals surface area contributed by atoms with Crippen LogP contribution in [0.5, 0.6) is 0 Å². The molecule has 1 aromatic carbocycles. The van der Waals surface area contributed by atoms with E-state index in [1.165, 1.54) is 25.5 Å². The first-order valence-electron chi connectivity index (χ1n) is 10.0. The highest BCUT2D eigenvalue weighted by Crippen LogP contribution is 2.35. The third-order valence-electron chi connectivity index (χ3n) is 5.28. The summed E-state index contributed by atoms with van der Waals surface area (Å²) in [6, 6.07) is 8.54. The molecule has 2 atom stereocenters. The van der Waals surface area contributed by atoms with Gasteiger partial charge in [0.1, 0.15) is 0 Å². The van der Waals surface area contributed by atoms with Crippen molar-refractivity contribution in [1.29, 1.82) is 0 Å². The molecule has 0 radical (unpaired) electrons. The van der Waals surface area contributed by atoms with E-state index >= 15 is 0 Å². The lowest BCUT2D eigenvalue weighted by Gasteiger charge is -2.40. The quantitative estimate of drug-likeness (QED) is 0.174. The van der Waals surface area contributed by atoms with Crippen molar-refractivity contribution >= 4 is 47.5 Å². The van der Waals surface area contributed by atoms with Crippen molar-refractivity contribution in [1.82, 2.24) is 15.5 Å². The van der Waals surface area contributed by atoms with Crippen LogP contribution in [0.1, 0.15) is 43.7 Å². The van der Waals surface area contributed by atoms with Gasteiger partial charge in [-0.15, -0.1) is 24.0 Å². The summed E-state index contributed by atoms with van der Waals surface area (Å²) in [5.41, 5.74) is 1.27. The van der Waals surface area contributed by atoms with Crippen LogP contribution in [0.15, 0.2) is 29.3 Å². The summed E-state index contributed by atoms with van der Waals surface area (Å²) in [4.78, 5) is 17.9. The smallest absolute Gasteiger partial charge is 0.305 e. The van der Waals surface area contributed by atoms with Gasteiger partial charge in [0, 0.05) is 37.6 Å². The normalized spacial score (nSPS) is 19.9. The molecule has 2 N–H and O–H groups in total. The summed E-state index contributed by atoms with van der Waals surface area (Å²) < 4.78 is 4.66. The van der Waals surface area contributed by atoms with E-state index < -0.39 is 0 Å². The number of halogens is 2. The highest BCUT2D eigenvalue weighted by Gasteiger charge is 2.30. The van der Waals surface area contributed by atoms with Gasteiger partial charge in [0.05, 0.1) is 7.11 Å². The van der Waals surface area contributed by atoms with Gasteiger partial charge in [-0.1, -0.05) is 23.7 Å². The number of piperidine rings is 1. The molecule has 6 nitrogen and oxygen atoms in total. The van der Waals surface area contributed by atoms with Gasteiger partial charge in [0.15, 0.2) is 5.96 Å². The topological polar surface area (TPSA) is 66.0 Å². The largest absolute Gasteiger partial charge is 0.469 e. The molecule has 1 aliphatic heterocycles. The summed E-state index contributed by atoms with van der Waals surface area (Å²) in [5.74, 6) is 1.13. The van der Waals surface area contributed by atoms with Crippen LogP contribution in [0.3, 0.4) is 0 Å². The third-order valence-corrected chi connectivity index (χ3v) is 5.52. The molecule has 0 aromatic heterocycles. The van der Waals surface area contributed by atoms with Gasteiger partial charge < -0.3 is 15.4 Å². The summed E-state index contributed by atoms with van der Waals surface area (Å²) in [7, 11) is 5.39. The van der Waals surface area contributed by atoms with Crippen molar-refractivity contribution in [2.24, 2.45) is 10.9 Å². The Morgan fingerprint density at radius 3 is 2.83 bits per heavy atom. The zero-order valence-electron chi connectivity index (χ0n) is 17.6. The van der Waals surface area contributed by atoms with Crippen LogP contribution in [-0.4, -0.2) is 57.7 Å². The molecular weight excluding hydrogens is 503 g/mol. The van der Waals surface area contributed by atoms with Crippen LogP contribution in [0, 0.1) is 5.92 Å². The van der Waals surface area contributed by atoms with E-state index in [1.54, 1.807) is 7.05 Å². The lowest BCUT2D eigenvalue weighted by molar-refractivity contribution is -0.140. The first-order valence-corrected chi connectivity index (χ1v) is 10.4. The Morgan fingerprint density at radius 2 is 2.14 bits per heavy atom. The Morgan fingerprint density at radius 1 is 1.34 bits per heavy atom. The second-order valence-electron chi connectivity index (χ2n) is 7.30. The van der Waals surface area contributed by atoms with E-state index in [4.69, 9.17) is 11.6 Å². The highest BCUT2D eigenvalue weighted by atomic mass is 127. The number of hydrogen-bond acceptors (Lipinski definition) is 4. The molecule has 0 bridgehead atoms. The van der Waals surface area contributed by atoms with E-state index in [-0.39, 0.29) is 29.9 Å². The van der Waals surface area contributed by atoms with Crippen LogP contribution in [-0.2, 0) is 9.53 Å². The number of methoxy groups -OCH3 is 1. The van der Waals surface area contributed by atoms with Gasteiger partial charge in [0.2, 0.25) is 0 Å². The van der Waals surface area contributed by atoms with E-state index in [9.17, 15) is 4.79 Å². The van der Waals surface area contributed by atoms with Crippen LogP contribution in [0.25, 0.3) is 0 Å². The molecule has 1 aliphatic rings. The predicted molar refractivity (Wildman–Crippen MR) is 130 cm³/mol. The number of ether oxygens (including phenoxy) is 1. The zero-order chi connectivity index (χ0) is 20.4. The maximum absolute atomic E-state index is 11.1. The lowest BCUT2D eigenvalue weighted by Crippen LogP contribution is -2.45. The Bertz CT molecular complexity index is 659. The zero-order valence-corrected chi connectivity index (χ0v) is 20.7. The number of likely N-dealkylation sites (tertiary alicyclic amines) is 1. The minimum atomic E-state index is -0.156. The number of aliphatic imine (C=N–C) groups is 1. The van der Waals surface area contributed by atoms with E-state index in [0.29, 0.717) is 18.4 Å². The first kappa shape index (κ1) is 26.0. The molecule has 1 saturated heterocycles. The van der Waals surface area contributed by atoms with Gasteiger partial charge >= 0.3 is 5.97 Å². The average molecular weight is 537 g/mol. The van der Waals surface area contributed by atoms with E-state index in [1.807, 2.05) is 12.1 Å². The average Bonchev–Trinajstić information content (AvgIpc) is 2.69. The Labute approximate surface area is 196 Å². The fourth-order valence-electron chi connectivity index (χ4n) is 3.84. The first-order chi connectivity index (χ1) is 13.5. The second kappa shape index (κ2) is 14.0. The molecular formula is C21H34ClIN4O2. The van der Waals surface area contributed by atoms with Crippen molar-refractivity contribution in [3.63, 3.8) is 0 Å². The maximum Gasteiger partial charge on any atom is 0.305 e. The molecule has 0 amide bonds. The molecule has 0 aliphatic carbocycles. The van der Waals surface area contributed by atoms with Crippen molar-refractivity contribution in [3.05, 3.63) is 34.9 Å². The van der Waals surface area contributed by atoms with E-state index in [0.717, 1.165) is 43.5 Å². The van der Waals surface area contributed by atoms with Gasteiger partial charge in [-0.05, 0) is 62.9 Å². The van der Waals surface area contributed by atoms with Gasteiger partial charge in [-0.3, -0.25) is 14.7 Å². The lowest BCUT2D eigenvalue weighted by atomic mass is 9.85. The van der Waals surface area contributed by atoms with Crippen molar-refractivity contribution in [3.8, 4) is 0 Å². The molecule has 0 spiro atoms. The molecule has 29 heavy (non-hydrogen) atoms. The highest BCUT2D eigenvalue weighted by molar-refractivity contribution is 14.0. The van der Waals surface area contributed by atoms with Gasteiger partial charge in [0.25, 0.3) is 0 Å². The number of carbonyl (C=O) groups is 1. The number of esters is 1. The van der Waals surface area contributed by atoms with Crippen molar-refractivity contribution in [2.45, 2.75) is 38.1 Å². The number of benzene rings is 1. The third kappa shape index (κ3) is 8.68. The Hall–Kier alpha value is -1.06. The summed E-state index contributed by atoms with van der Waals surface area (Å²) in [5, 5.41) is 7.59. The van der Waals surface area contributed by atoms with Gasteiger partial charge in [-0.25, -0.2) is 0 Å². The Kier molecular flexibility index (Phi) is 12.6. The van der Waals surface area contributed by atoms with Gasteiger partial charge in [-0.2, -0.15) is 0 Å². The van der Waals surface area contributed by atoms with Crippen LogP contribution in [0.2, 0.25) is 5.02 Å². The molecule has 2 unspecified atom stereocenters. The number of nitrogens with one attached hydrogen (secondary N) is 2. The van der Waals surface area contributed by atoms with Crippen LogP contribution in [0.4, 0.5) is 0 Å². The molecule has 1 aromatic rings. The monoisotopic (exact) mass is 536 g/mol. The van der Waals surface area contributed by atoms with Crippen LogP contribution < -0.4 is 10.6 Å². The fraction of sp³-hybridized carbons (Fsp3) is 0.619. The minimum absolute atomic E-state index is 0. The molecule has 8 heteroatoms. The fourth-order valence-corrected chi connectivity index (χ4v) is 4.04. The summed E-state index contributed by atoms with van der Waals surface area (Å²) in [6.45, 7) is 2.73. The molecule has 164 valence electrons. The number of hydrogen-bond donors (Lipinski definition) is 2. The van der Waals surface area contributed by atoms with Crippen molar-refractivity contribution < 1.29 is 9.53 Å². The number of nitrogens with zero attached hydrogens (tertiary/aromatic N) is 2. The standard InChI is InChI=1S/C21H33ClN4O2.HI/c1-23-21(24-12-5-4-11-19(27)28-3)25-15-17-9-7-13-26(2)20(17)16-8-6-10-18(22)14-16;/h6,8,10,14,17,20H,4-5,7,9,11-13,15H2,1-3H3,(H2,23,24,25);1H. The SMILES string of the molecule is CN=C(NCCCCC(=O)OC)NCC1CCCN(C)C1c1cccc(Cl)c1.I. The summed E-state index contributed by atoms with van der Waals surface area (Å²) in [6.07, 6.45) is 4.53. The second-order valence-corrected chi connectivity index (χ2v) is 7.73. The number of carbonyl (C=O) groups excluding carboxylic acids is 1. The Balaban J connectivity index is 0.00000420. The maximum atomic E-state index is 11.1. The number of rotatable bonds is 8. The number of guanidine groups is 1. The van der Waals surface area contributed by atoms with E-state index in [2.05, 4.69) is 44.4 Å². The molecule has 1 heterocycles. The molecule has 2 rings (SSSR count).